The molecule has 4 nitrogen and oxygen atoms in total. The molecule has 21 heavy (non-hydrogen) atoms. The molecule has 0 unspecified atom stereocenters. The number of nitrogens with zero attached hydrogens (tertiary/aromatic N) is 1. The van der Waals surface area contributed by atoms with E-state index in [2.05, 4.69) is 10.3 Å². The number of carbonyl (C=O) groups is 1. The summed E-state index contributed by atoms with van der Waals surface area (Å²) in [5, 5.41) is 2.71. The molecule has 0 saturated carbocycles. The van der Waals surface area contributed by atoms with E-state index >= 15 is 0 Å². The predicted molar refractivity (Wildman–Crippen MR) is 72.6 cm³/mol. The summed E-state index contributed by atoms with van der Waals surface area (Å²) in [6.07, 6.45) is 3.25. The molecule has 0 aliphatic carbocycles. The first kappa shape index (κ1) is 14.9. The van der Waals surface area contributed by atoms with Gasteiger partial charge in [-0.3, -0.25) is 9.78 Å². The highest BCUT2D eigenvalue weighted by Crippen LogP contribution is 2.17. The highest BCUT2D eigenvalue weighted by atomic mass is 19.1. The van der Waals surface area contributed by atoms with Crippen LogP contribution in [0.2, 0.25) is 0 Å². The number of rotatable bonds is 5. The quantitative estimate of drug-likeness (QED) is 0.921. The Bertz CT molecular complexity index is 620. The summed E-state index contributed by atoms with van der Waals surface area (Å²) in [6.45, 7) is 1.46. The Balaban J connectivity index is 1.87. The van der Waals surface area contributed by atoms with Gasteiger partial charge < -0.3 is 10.1 Å². The van der Waals surface area contributed by atoms with E-state index in [0.29, 0.717) is 6.07 Å². The minimum Gasteiger partial charge on any atom is -0.481 e. The molecule has 0 bridgehead atoms. The zero-order valence-electron chi connectivity index (χ0n) is 11.3. The van der Waals surface area contributed by atoms with Crippen molar-refractivity contribution in [2.45, 2.75) is 13.0 Å². The normalized spacial score (nSPS) is 11.8. The molecule has 0 radical (unpaired) electrons. The number of benzene rings is 1. The second-order valence-corrected chi connectivity index (χ2v) is 4.43. The summed E-state index contributed by atoms with van der Waals surface area (Å²) in [6, 6.07) is 6.26. The Morgan fingerprint density at radius 3 is 2.67 bits per heavy atom. The van der Waals surface area contributed by atoms with Gasteiger partial charge in [0.1, 0.15) is 5.82 Å². The summed E-state index contributed by atoms with van der Waals surface area (Å²) in [5.41, 5.74) is 0.895. The summed E-state index contributed by atoms with van der Waals surface area (Å²) >= 11 is 0. The molecule has 0 aliphatic rings. The van der Waals surface area contributed by atoms with E-state index in [1.807, 2.05) is 6.92 Å². The zero-order valence-corrected chi connectivity index (χ0v) is 11.3. The maximum Gasteiger partial charge on any atom is 0.258 e. The molecule has 110 valence electrons. The van der Waals surface area contributed by atoms with Crippen LogP contribution in [0.1, 0.15) is 18.5 Å². The lowest BCUT2D eigenvalue weighted by Crippen LogP contribution is -2.31. The lowest BCUT2D eigenvalue weighted by molar-refractivity contribution is -0.123. The van der Waals surface area contributed by atoms with E-state index in [-0.39, 0.29) is 18.4 Å². The van der Waals surface area contributed by atoms with Crippen LogP contribution < -0.4 is 10.1 Å². The van der Waals surface area contributed by atoms with E-state index in [0.717, 1.165) is 17.7 Å². The summed E-state index contributed by atoms with van der Waals surface area (Å²) in [7, 11) is 0. The van der Waals surface area contributed by atoms with Crippen molar-refractivity contribution in [3.8, 4) is 5.75 Å². The number of ether oxygens (including phenoxy) is 1. The van der Waals surface area contributed by atoms with Crippen molar-refractivity contribution in [2.75, 3.05) is 6.61 Å². The van der Waals surface area contributed by atoms with Gasteiger partial charge in [-0.05, 0) is 36.8 Å². The number of aromatic nitrogens is 1. The van der Waals surface area contributed by atoms with Crippen LogP contribution in [0, 0.1) is 11.6 Å². The monoisotopic (exact) mass is 292 g/mol. The third kappa shape index (κ3) is 4.24. The Morgan fingerprint density at radius 1 is 1.29 bits per heavy atom. The molecule has 1 N–H and O–H groups in total. The third-order valence-corrected chi connectivity index (χ3v) is 2.84. The van der Waals surface area contributed by atoms with E-state index in [1.54, 1.807) is 24.5 Å². The van der Waals surface area contributed by atoms with Crippen molar-refractivity contribution in [2.24, 2.45) is 0 Å². The molecule has 0 aliphatic heterocycles. The number of hydrogen-bond acceptors (Lipinski definition) is 3. The van der Waals surface area contributed by atoms with Gasteiger partial charge in [-0.25, -0.2) is 8.78 Å². The molecule has 6 heteroatoms. The van der Waals surface area contributed by atoms with Crippen LogP contribution in [0.25, 0.3) is 0 Å². The van der Waals surface area contributed by atoms with E-state index in [1.165, 1.54) is 0 Å². The zero-order chi connectivity index (χ0) is 15.2. The van der Waals surface area contributed by atoms with E-state index in [9.17, 15) is 13.6 Å². The topological polar surface area (TPSA) is 51.2 Å². The van der Waals surface area contributed by atoms with Gasteiger partial charge in [0.05, 0.1) is 6.04 Å². The van der Waals surface area contributed by atoms with E-state index in [4.69, 9.17) is 4.74 Å². The first-order valence-electron chi connectivity index (χ1n) is 6.33. The molecule has 1 aromatic heterocycles. The van der Waals surface area contributed by atoms with Crippen LogP contribution in [0.3, 0.4) is 0 Å². The fourth-order valence-corrected chi connectivity index (χ4v) is 1.75. The van der Waals surface area contributed by atoms with Crippen LogP contribution in [-0.4, -0.2) is 17.5 Å². The molecule has 0 spiro atoms. The first-order valence-corrected chi connectivity index (χ1v) is 6.33. The van der Waals surface area contributed by atoms with Crippen LogP contribution in [0.15, 0.2) is 42.7 Å². The molecule has 1 aromatic carbocycles. The molecular weight excluding hydrogens is 278 g/mol. The Hall–Kier alpha value is -2.50. The summed E-state index contributed by atoms with van der Waals surface area (Å²) in [5.74, 6) is -2.10. The molecule has 2 rings (SSSR count). The maximum absolute atomic E-state index is 13.3. The number of nitrogens with one attached hydrogen (secondary N) is 1. The number of hydrogen-bond donors (Lipinski definition) is 1. The minimum absolute atomic E-state index is 0.164. The second-order valence-electron chi connectivity index (χ2n) is 4.43. The van der Waals surface area contributed by atoms with Crippen molar-refractivity contribution >= 4 is 5.91 Å². The van der Waals surface area contributed by atoms with Crippen molar-refractivity contribution in [3.05, 3.63) is 59.9 Å². The largest absolute Gasteiger partial charge is 0.481 e. The smallest absolute Gasteiger partial charge is 0.258 e. The lowest BCUT2D eigenvalue weighted by atomic mass is 10.1. The number of halogens is 2. The van der Waals surface area contributed by atoms with Gasteiger partial charge in [-0.1, -0.05) is 0 Å². The number of carbonyl (C=O) groups excluding carboxylic acids is 1. The Kier molecular flexibility index (Phi) is 4.81. The molecule has 1 heterocycles. The van der Waals surface area contributed by atoms with Crippen molar-refractivity contribution < 1.29 is 18.3 Å². The Morgan fingerprint density at radius 2 is 2.00 bits per heavy atom. The lowest BCUT2D eigenvalue weighted by Gasteiger charge is -2.14. The fraction of sp³-hybridized carbons (Fsp3) is 0.200. The first-order chi connectivity index (χ1) is 10.1. The van der Waals surface area contributed by atoms with Gasteiger partial charge in [0, 0.05) is 18.5 Å². The third-order valence-electron chi connectivity index (χ3n) is 2.84. The van der Waals surface area contributed by atoms with Gasteiger partial charge >= 0.3 is 0 Å². The van der Waals surface area contributed by atoms with Crippen LogP contribution in [0.5, 0.6) is 5.75 Å². The molecular formula is C15H14F2N2O2. The number of pyridine rings is 1. The van der Waals surface area contributed by atoms with Crippen molar-refractivity contribution in [3.63, 3.8) is 0 Å². The average Bonchev–Trinajstić information content (AvgIpc) is 2.47. The number of amides is 1. The van der Waals surface area contributed by atoms with Gasteiger partial charge in [0.2, 0.25) is 0 Å². The van der Waals surface area contributed by atoms with Crippen LogP contribution in [0.4, 0.5) is 8.78 Å². The standard InChI is InChI=1S/C15H14F2N2O2/c1-10(11-4-6-18-7-5-11)19-15(20)9-21-14-3-2-12(16)8-13(14)17/h2-8,10H,9H2,1H3,(H,19,20)/t10-/m0/s1. The Labute approximate surface area is 120 Å². The molecule has 0 fully saturated rings. The average molecular weight is 292 g/mol. The summed E-state index contributed by atoms with van der Waals surface area (Å²) < 4.78 is 31.1. The SMILES string of the molecule is C[C@H](NC(=O)COc1ccc(F)cc1F)c1ccncc1. The minimum atomic E-state index is -0.843. The summed E-state index contributed by atoms with van der Waals surface area (Å²) in [4.78, 5) is 15.6. The van der Waals surface area contributed by atoms with Gasteiger partial charge in [-0.15, -0.1) is 0 Å². The van der Waals surface area contributed by atoms with Gasteiger partial charge in [0.15, 0.2) is 18.2 Å². The van der Waals surface area contributed by atoms with E-state index < -0.39 is 17.5 Å². The highest BCUT2D eigenvalue weighted by molar-refractivity contribution is 5.78. The van der Waals surface area contributed by atoms with Crippen molar-refractivity contribution in [1.82, 2.24) is 10.3 Å². The van der Waals surface area contributed by atoms with Gasteiger partial charge in [-0.2, -0.15) is 0 Å². The molecule has 1 amide bonds. The fourth-order valence-electron chi connectivity index (χ4n) is 1.75. The molecule has 1 atom stereocenters. The van der Waals surface area contributed by atoms with Gasteiger partial charge in [0.25, 0.3) is 5.91 Å². The highest BCUT2D eigenvalue weighted by Gasteiger charge is 2.11. The van der Waals surface area contributed by atoms with Crippen molar-refractivity contribution in [1.29, 1.82) is 0 Å². The second kappa shape index (κ2) is 6.78. The molecule has 0 saturated heterocycles. The van der Waals surface area contributed by atoms with Crippen LogP contribution >= 0.6 is 0 Å². The maximum atomic E-state index is 13.3. The predicted octanol–water partition coefficient (Wildman–Crippen LogP) is 2.62. The van der Waals surface area contributed by atoms with Crippen LogP contribution in [-0.2, 0) is 4.79 Å². The molecule has 2 aromatic rings.